The van der Waals surface area contributed by atoms with Gasteiger partial charge in [0.05, 0.1) is 0 Å². The van der Waals surface area contributed by atoms with Crippen molar-refractivity contribution >= 4 is 0 Å². The maximum absolute atomic E-state index is 3.71. The minimum Gasteiger partial charge on any atom is -0.362 e. The van der Waals surface area contributed by atoms with Crippen LogP contribution in [0.4, 0.5) is 0 Å². The Hall–Kier alpha value is -0.800. The van der Waals surface area contributed by atoms with E-state index in [4.69, 9.17) is 0 Å². The molecule has 0 saturated carbocycles. The molecule has 2 atom stereocenters. The topological polar surface area (TPSA) is 31.1 Å². The molecular weight excluding hydrogens is 246 g/mol. The molecular formula is C17H29N3. The van der Waals surface area contributed by atoms with Gasteiger partial charge in [0.15, 0.2) is 0 Å². The van der Waals surface area contributed by atoms with Crippen molar-refractivity contribution in [3.8, 4) is 0 Å². The standard InChI is InChI=1S/C17H29N3/c1-13-10-16(14(2)19-13)12-18-11-15-6-5-9-20-8-4-3-7-17(15)20/h10,15,17-19H,3-9,11-12H2,1-2H3. The van der Waals surface area contributed by atoms with Crippen molar-refractivity contribution in [1.82, 2.24) is 15.2 Å². The van der Waals surface area contributed by atoms with Crippen LogP contribution in [0.3, 0.4) is 0 Å². The number of rotatable bonds is 4. The van der Waals surface area contributed by atoms with Crippen molar-refractivity contribution in [1.29, 1.82) is 0 Å². The Labute approximate surface area is 123 Å². The molecule has 0 bridgehead atoms. The number of aromatic amines is 1. The first-order valence-corrected chi connectivity index (χ1v) is 8.34. The summed E-state index contributed by atoms with van der Waals surface area (Å²) < 4.78 is 0. The Balaban J connectivity index is 1.51. The van der Waals surface area contributed by atoms with Crippen LogP contribution in [0.15, 0.2) is 6.07 Å². The lowest BCUT2D eigenvalue weighted by atomic mass is 9.83. The molecule has 2 unspecified atom stereocenters. The van der Waals surface area contributed by atoms with E-state index in [9.17, 15) is 0 Å². The Morgan fingerprint density at radius 3 is 2.85 bits per heavy atom. The number of aromatic nitrogens is 1. The SMILES string of the molecule is Cc1cc(CNCC2CCCN3CCCCC23)c(C)[nH]1. The third-order valence-corrected chi connectivity index (χ3v) is 5.21. The molecule has 2 N–H and O–H groups in total. The van der Waals surface area contributed by atoms with E-state index < -0.39 is 0 Å². The quantitative estimate of drug-likeness (QED) is 0.885. The Morgan fingerprint density at radius 1 is 1.20 bits per heavy atom. The van der Waals surface area contributed by atoms with Gasteiger partial charge in [-0.05, 0) is 76.7 Å². The lowest BCUT2D eigenvalue weighted by molar-refractivity contribution is 0.0593. The Bertz CT molecular complexity index is 435. The molecule has 2 saturated heterocycles. The summed E-state index contributed by atoms with van der Waals surface area (Å²) in [5, 5.41) is 3.71. The van der Waals surface area contributed by atoms with Gasteiger partial charge in [-0.1, -0.05) is 6.42 Å². The molecule has 3 heteroatoms. The summed E-state index contributed by atoms with van der Waals surface area (Å²) in [4.78, 5) is 6.15. The molecule has 2 fully saturated rings. The minimum absolute atomic E-state index is 0.860. The number of aryl methyl sites for hydroxylation is 2. The zero-order valence-corrected chi connectivity index (χ0v) is 13.0. The molecule has 0 spiro atoms. The number of H-pyrrole nitrogens is 1. The third kappa shape index (κ3) is 3.09. The van der Waals surface area contributed by atoms with Crippen molar-refractivity contribution in [2.45, 2.75) is 58.5 Å². The lowest BCUT2D eigenvalue weighted by Crippen LogP contribution is -2.50. The van der Waals surface area contributed by atoms with Crippen LogP contribution in [0.25, 0.3) is 0 Å². The fraction of sp³-hybridized carbons (Fsp3) is 0.765. The molecule has 2 aliphatic heterocycles. The fourth-order valence-corrected chi connectivity index (χ4v) is 4.17. The average molecular weight is 275 g/mol. The van der Waals surface area contributed by atoms with E-state index in [-0.39, 0.29) is 0 Å². The van der Waals surface area contributed by atoms with Crippen LogP contribution >= 0.6 is 0 Å². The number of hydrogen-bond acceptors (Lipinski definition) is 2. The summed E-state index contributed by atoms with van der Waals surface area (Å²) in [6.07, 6.45) is 7.09. The van der Waals surface area contributed by atoms with E-state index >= 15 is 0 Å². The highest BCUT2D eigenvalue weighted by molar-refractivity contribution is 5.23. The van der Waals surface area contributed by atoms with Gasteiger partial charge in [0.2, 0.25) is 0 Å². The first-order chi connectivity index (χ1) is 9.74. The molecule has 1 aromatic heterocycles. The second-order valence-electron chi connectivity index (χ2n) is 6.73. The van der Waals surface area contributed by atoms with Crippen LogP contribution in [0.1, 0.15) is 49.1 Å². The molecule has 20 heavy (non-hydrogen) atoms. The van der Waals surface area contributed by atoms with E-state index in [2.05, 4.69) is 35.1 Å². The molecule has 1 aromatic rings. The van der Waals surface area contributed by atoms with E-state index in [1.807, 2.05) is 0 Å². The summed E-state index contributed by atoms with van der Waals surface area (Å²) in [6, 6.07) is 3.13. The largest absolute Gasteiger partial charge is 0.362 e. The van der Waals surface area contributed by atoms with E-state index in [1.165, 1.54) is 68.7 Å². The molecule has 3 heterocycles. The average Bonchev–Trinajstić information content (AvgIpc) is 2.77. The van der Waals surface area contributed by atoms with Crippen LogP contribution < -0.4 is 5.32 Å². The first kappa shape index (κ1) is 14.2. The number of nitrogens with zero attached hydrogens (tertiary/aromatic N) is 1. The van der Waals surface area contributed by atoms with Crippen molar-refractivity contribution in [3.63, 3.8) is 0 Å². The van der Waals surface area contributed by atoms with Gasteiger partial charge in [0.25, 0.3) is 0 Å². The number of piperidine rings is 2. The van der Waals surface area contributed by atoms with Crippen molar-refractivity contribution in [2.24, 2.45) is 5.92 Å². The summed E-state index contributed by atoms with van der Waals surface area (Å²) in [7, 11) is 0. The van der Waals surface area contributed by atoms with Gasteiger partial charge in [-0.2, -0.15) is 0 Å². The fourth-order valence-electron chi connectivity index (χ4n) is 4.17. The van der Waals surface area contributed by atoms with Gasteiger partial charge in [0, 0.05) is 24.0 Å². The number of hydrogen-bond donors (Lipinski definition) is 2. The van der Waals surface area contributed by atoms with Crippen LogP contribution in [0.5, 0.6) is 0 Å². The molecule has 0 aromatic carbocycles. The third-order valence-electron chi connectivity index (χ3n) is 5.21. The van der Waals surface area contributed by atoms with Crippen LogP contribution in [0.2, 0.25) is 0 Å². The zero-order chi connectivity index (χ0) is 13.9. The van der Waals surface area contributed by atoms with Crippen LogP contribution in [0, 0.1) is 19.8 Å². The first-order valence-electron chi connectivity index (χ1n) is 8.34. The van der Waals surface area contributed by atoms with Gasteiger partial charge in [0.1, 0.15) is 0 Å². The monoisotopic (exact) mass is 275 g/mol. The molecule has 3 nitrogen and oxygen atoms in total. The van der Waals surface area contributed by atoms with Crippen molar-refractivity contribution in [2.75, 3.05) is 19.6 Å². The normalized spacial score (nSPS) is 27.5. The van der Waals surface area contributed by atoms with Gasteiger partial charge < -0.3 is 15.2 Å². The summed E-state index contributed by atoms with van der Waals surface area (Å²) in [6.45, 7) is 9.20. The highest BCUT2D eigenvalue weighted by Gasteiger charge is 2.32. The molecule has 0 aliphatic carbocycles. The summed E-state index contributed by atoms with van der Waals surface area (Å²) >= 11 is 0. The van der Waals surface area contributed by atoms with Crippen LogP contribution in [-0.2, 0) is 6.54 Å². The predicted molar refractivity (Wildman–Crippen MR) is 83.9 cm³/mol. The van der Waals surface area contributed by atoms with Crippen molar-refractivity contribution in [3.05, 3.63) is 23.0 Å². The summed E-state index contributed by atoms with van der Waals surface area (Å²) in [5.41, 5.74) is 4.02. The highest BCUT2D eigenvalue weighted by Crippen LogP contribution is 2.30. The zero-order valence-electron chi connectivity index (χ0n) is 13.0. The molecule has 112 valence electrons. The van der Waals surface area contributed by atoms with Gasteiger partial charge in [-0.3, -0.25) is 0 Å². The number of nitrogens with one attached hydrogen (secondary N) is 2. The van der Waals surface area contributed by atoms with Crippen molar-refractivity contribution < 1.29 is 0 Å². The smallest absolute Gasteiger partial charge is 0.0223 e. The predicted octanol–water partition coefficient (Wildman–Crippen LogP) is 2.99. The second kappa shape index (κ2) is 6.31. The Kier molecular flexibility index (Phi) is 4.47. The maximum atomic E-state index is 3.71. The van der Waals surface area contributed by atoms with E-state index in [0.29, 0.717) is 0 Å². The van der Waals surface area contributed by atoms with Gasteiger partial charge in [-0.25, -0.2) is 0 Å². The van der Waals surface area contributed by atoms with Gasteiger partial charge >= 0.3 is 0 Å². The molecule has 0 amide bonds. The number of fused-ring (bicyclic) bond motifs is 1. The van der Waals surface area contributed by atoms with E-state index in [0.717, 1.165) is 18.5 Å². The van der Waals surface area contributed by atoms with E-state index in [1.54, 1.807) is 0 Å². The summed E-state index contributed by atoms with van der Waals surface area (Å²) in [5.74, 6) is 0.865. The molecule has 3 rings (SSSR count). The lowest BCUT2D eigenvalue weighted by Gasteiger charge is -2.44. The maximum Gasteiger partial charge on any atom is 0.0223 e. The molecule has 0 radical (unpaired) electrons. The highest BCUT2D eigenvalue weighted by atomic mass is 15.2. The minimum atomic E-state index is 0.860. The molecule has 2 aliphatic rings. The second-order valence-corrected chi connectivity index (χ2v) is 6.73. The Morgan fingerprint density at radius 2 is 2.05 bits per heavy atom. The van der Waals surface area contributed by atoms with Gasteiger partial charge in [-0.15, -0.1) is 0 Å². The van der Waals surface area contributed by atoms with Crippen LogP contribution in [-0.4, -0.2) is 35.6 Å².